The zero-order valence-electron chi connectivity index (χ0n) is 16.5. The van der Waals surface area contributed by atoms with E-state index in [1.807, 2.05) is 16.7 Å². The standard InChI is InChI=1S/C20H20N4O4S/c1-10-9-20(2,3)24-16-11(10)6-5-7-12(16)15(18(24)27)22-23-19-21-17(26)13(29-19)8-14(25)28-4/h5-8,10,27H,9H2,1-4H3/b13-8-,23-22?. The molecule has 1 aromatic heterocycles. The molecule has 0 radical (unpaired) electrons. The van der Waals surface area contributed by atoms with E-state index < -0.39 is 11.9 Å². The predicted octanol–water partition coefficient (Wildman–Crippen LogP) is 4.36. The number of thioether (sulfide) groups is 1. The third-order valence-electron chi connectivity index (χ3n) is 5.21. The molecule has 4 rings (SSSR count). The Morgan fingerprint density at radius 2 is 2.17 bits per heavy atom. The quantitative estimate of drug-likeness (QED) is 0.448. The number of hydrogen-bond acceptors (Lipinski definition) is 7. The van der Waals surface area contributed by atoms with Gasteiger partial charge in [-0.1, -0.05) is 25.1 Å². The molecule has 0 saturated carbocycles. The molecule has 0 spiro atoms. The molecule has 2 aliphatic heterocycles. The van der Waals surface area contributed by atoms with Gasteiger partial charge in [-0.25, -0.2) is 4.79 Å². The Hall–Kier alpha value is -2.94. The van der Waals surface area contributed by atoms with Gasteiger partial charge >= 0.3 is 5.97 Å². The fourth-order valence-corrected chi connectivity index (χ4v) is 4.76. The fraction of sp³-hybridized carbons (Fsp3) is 0.350. The maximum Gasteiger partial charge on any atom is 0.331 e. The molecular formula is C20H20N4O4S. The van der Waals surface area contributed by atoms with Gasteiger partial charge in [-0.3, -0.25) is 4.79 Å². The summed E-state index contributed by atoms with van der Waals surface area (Å²) in [5.74, 6) is -0.833. The third-order valence-corrected chi connectivity index (χ3v) is 6.07. The summed E-state index contributed by atoms with van der Waals surface area (Å²) < 4.78 is 6.43. The summed E-state index contributed by atoms with van der Waals surface area (Å²) in [5, 5.41) is 20.1. The van der Waals surface area contributed by atoms with Gasteiger partial charge < -0.3 is 14.4 Å². The van der Waals surface area contributed by atoms with E-state index in [0.717, 1.165) is 40.7 Å². The van der Waals surface area contributed by atoms with Crippen LogP contribution in [0.4, 0.5) is 5.69 Å². The van der Waals surface area contributed by atoms with Gasteiger partial charge in [0.25, 0.3) is 5.91 Å². The molecule has 150 valence electrons. The highest BCUT2D eigenvalue weighted by molar-refractivity contribution is 8.18. The Morgan fingerprint density at radius 3 is 2.90 bits per heavy atom. The topological polar surface area (TPSA) is 106 Å². The number of amidine groups is 1. The lowest BCUT2D eigenvalue weighted by Crippen LogP contribution is -2.31. The van der Waals surface area contributed by atoms with Crippen molar-refractivity contribution in [2.24, 2.45) is 15.2 Å². The molecule has 9 heteroatoms. The molecule has 3 heterocycles. The lowest BCUT2D eigenvalue weighted by Gasteiger charge is -2.36. The summed E-state index contributed by atoms with van der Waals surface area (Å²) in [6.07, 6.45) is 1.96. The second-order valence-corrected chi connectivity index (χ2v) is 8.71. The first-order valence-electron chi connectivity index (χ1n) is 9.12. The van der Waals surface area contributed by atoms with E-state index in [-0.39, 0.29) is 21.5 Å². The smallest absolute Gasteiger partial charge is 0.331 e. The Bertz CT molecular complexity index is 1140. The van der Waals surface area contributed by atoms with E-state index >= 15 is 0 Å². The van der Waals surface area contributed by atoms with E-state index in [1.165, 1.54) is 7.11 Å². The summed E-state index contributed by atoms with van der Waals surface area (Å²) in [7, 11) is 1.23. The fourth-order valence-electron chi connectivity index (χ4n) is 4.07. The normalized spacial score (nSPS) is 21.9. The third kappa shape index (κ3) is 3.15. The van der Waals surface area contributed by atoms with Crippen LogP contribution in [-0.4, -0.2) is 33.8 Å². The average molecular weight is 412 g/mol. The van der Waals surface area contributed by atoms with Gasteiger partial charge in [0, 0.05) is 17.0 Å². The summed E-state index contributed by atoms with van der Waals surface area (Å²) in [5.41, 5.74) is 2.16. The van der Waals surface area contributed by atoms with Gasteiger partial charge in [-0.2, -0.15) is 4.99 Å². The van der Waals surface area contributed by atoms with Crippen LogP contribution in [0.15, 0.2) is 44.4 Å². The Morgan fingerprint density at radius 1 is 1.41 bits per heavy atom. The molecule has 8 nitrogen and oxygen atoms in total. The van der Waals surface area contributed by atoms with E-state index in [2.05, 4.69) is 46.8 Å². The second kappa shape index (κ2) is 6.84. The van der Waals surface area contributed by atoms with Crippen LogP contribution in [0.3, 0.4) is 0 Å². The zero-order valence-corrected chi connectivity index (χ0v) is 17.3. The predicted molar refractivity (Wildman–Crippen MR) is 111 cm³/mol. The first-order chi connectivity index (χ1) is 13.7. The van der Waals surface area contributed by atoms with Crippen LogP contribution in [0.1, 0.15) is 38.7 Å². The van der Waals surface area contributed by atoms with Crippen LogP contribution >= 0.6 is 11.8 Å². The minimum atomic E-state index is -0.641. The highest BCUT2D eigenvalue weighted by atomic mass is 32.2. The van der Waals surface area contributed by atoms with Crippen LogP contribution in [0.25, 0.3) is 10.9 Å². The first kappa shape index (κ1) is 19.4. The van der Waals surface area contributed by atoms with Crippen molar-refractivity contribution in [2.75, 3.05) is 7.11 Å². The molecule has 1 unspecified atom stereocenters. The SMILES string of the molecule is COC(=O)/C=C1\SC(N=Nc2c(O)n3c4c(cccc24)C(C)CC3(C)C)=NC1=O. The minimum absolute atomic E-state index is 0.0355. The van der Waals surface area contributed by atoms with E-state index in [9.17, 15) is 14.7 Å². The zero-order chi connectivity index (χ0) is 20.9. The Balaban J connectivity index is 1.75. The number of aromatic hydroxyl groups is 1. The largest absolute Gasteiger partial charge is 0.493 e. The van der Waals surface area contributed by atoms with Crippen molar-refractivity contribution in [1.82, 2.24) is 4.57 Å². The van der Waals surface area contributed by atoms with Gasteiger partial charge in [-0.05, 0) is 43.5 Å². The Labute approximate surface area is 171 Å². The summed E-state index contributed by atoms with van der Waals surface area (Å²) >= 11 is 0.933. The van der Waals surface area contributed by atoms with Crippen LogP contribution in [0, 0.1) is 0 Å². The number of hydrogen-bond donors (Lipinski definition) is 1. The number of carbonyl (C=O) groups excluding carboxylic acids is 2. The summed E-state index contributed by atoms with van der Waals surface area (Å²) in [6.45, 7) is 6.34. The van der Waals surface area contributed by atoms with Crippen molar-refractivity contribution in [3.05, 3.63) is 34.7 Å². The van der Waals surface area contributed by atoms with Crippen LogP contribution < -0.4 is 0 Å². The van der Waals surface area contributed by atoms with E-state index in [0.29, 0.717) is 11.6 Å². The first-order valence-corrected chi connectivity index (χ1v) is 9.93. The lowest BCUT2D eigenvalue weighted by atomic mass is 9.82. The molecule has 0 aliphatic carbocycles. The van der Waals surface area contributed by atoms with Crippen molar-refractivity contribution in [3.8, 4) is 5.88 Å². The number of azo groups is 1. The molecule has 1 N–H and O–H groups in total. The number of esters is 1. The number of aliphatic imine (C=N–C) groups is 1. The van der Waals surface area contributed by atoms with Gasteiger partial charge in [0.2, 0.25) is 11.0 Å². The van der Waals surface area contributed by atoms with Gasteiger partial charge in [0.15, 0.2) is 5.69 Å². The molecule has 0 fully saturated rings. The molecular weight excluding hydrogens is 392 g/mol. The van der Waals surface area contributed by atoms with E-state index in [4.69, 9.17) is 0 Å². The van der Waals surface area contributed by atoms with Crippen molar-refractivity contribution in [2.45, 2.75) is 38.6 Å². The molecule has 0 bridgehead atoms. The Kier molecular flexibility index (Phi) is 4.57. The molecule has 2 aliphatic rings. The number of nitrogens with zero attached hydrogens (tertiary/aromatic N) is 4. The average Bonchev–Trinajstić information content (AvgIpc) is 3.15. The van der Waals surface area contributed by atoms with Crippen molar-refractivity contribution >= 4 is 45.4 Å². The number of ether oxygens (including phenoxy) is 1. The van der Waals surface area contributed by atoms with Crippen LogP contribution in [0.2, 0.25) is 0 Å². The van der Waals surface area contributed by atoms with Crippen molar-refractivity contribution in [1.29, 1.82) is 0 Å². The van der Waals surface area contributed by atoms with Crippen molar-refractivity contribution < 1.29 is 19.4 Å². The maximum atomic E-state index is 11.9. The van der Waals surface area contributed by atoms with Gasteiger partial charge in [0.05, 0.1) is 17.5 Å². The van der Waals surface area contributed by atoms with Gasteiger partial charge in [0.1, 0.15) is 0 Å². The lowest BCUT2D eigenvalue weighted by molar-refractivity contribution is -0.135. The number of aromatic nitrogens is 1. The highest BCUT2D eigenvalue weighted by Crippen LogP contribution is 2.50. The van der Waals surface area contributed by atoms with Crippen molar-refractivity contribution in [3.63, 3.8) is 0 Å². The van der Waals surface area contributed by atoms with Crippen LogP contribution in [-0.2, 0) is 19.9 Å². The molecule has 1 aromatic carbocycles. The second-order valence-electron chi connectivity index (χ2n) is 7.70. The number of benzene rings is 1. The molecule has 1 atom stereocenters. The van der Waals surface area contributed by atoms with Crippen LogP contribution in [0.5, 0.6) is 5.88 Å². The molecule has 1 amide bonds. The number of rotatable bonds is 2. The molecule has 0 saturated heterocycles. The molecule has 2 aromatic rings. The van der Waals surface area contributed by atoms with Gasteiger partial charge in [-0.15, -0.1) is 10.2 Å². The number of carbonyl (C=O) groups is 2. The monoisotopic (exact) mass is 412 g/mol. The number of methoxy groups -OCH3 is 1. The summed E-state index contributed by atoms with van der Waals surface area (Å²) in [6, 6.07) is 5.91. The number of amides is 1. The minimum Gasteiger partial charge on any atom is -0.493 e. The van der Waals surface area contributed by atoms with E-state index in [1.54, 1.807) is 0 Å². The summed E-state index contributed by atoms with van der Waals surface area (Å²) in [4.78, 5) is 27.2. The number of para-hydroxylation sites is 1. The highest BCUT2D eigenvalue weighted by Gasteiger charge is 2.36. The molecule has 29 heavy (non-hydrogen) atoms. The maximum absolute atomic E-state index is 11.9.